The van der Waals surface area contributed by atoms with Crippen molar-refractivity contribution in [2.75, 3.05) is 17.2 Å². The molecule has 40 heavy (non-hydrogen) atoms. The van der Waals surface area contributed by atoms with Crippen molar-refractivity contribution < 1.29 is 14.3 Å². The van der Waals surface area contributed by atoms with E-state index in [9.17, 15) is 4.79 Å². The van der Waals surface area contributed by atoms with Gasteiger partial charge in [-0.3, -0.25) is 4.79 Å². The molecule has 1 aliphatic heterocycles. The third-order valence-corrected chi connectivity index (χ3v) is 7.46. The fraction of sp³-hybridized carbons (Fsp3) is 0.267. The summed E-state index contributed by atoms with van der Waals surface area (Å²) in [6.07, 6.45) is 0. The molecule has 0 fully saturated rings. The highest BCUT2D eigenvalue weighted by atomic mass is 79.9. The Morgan fingerprint density at radius 2 is 1.85 bits per heavy atom. The van der Waals surface area contributed by atoms with Crippen LogP contribution in [0, 0.1) is 20.8 Å². The lowest BCUT2D eigenvalue weighted by Crippen LogP contribution is -2.31. The molecule has 2 heterocycles. The van der Waals surface area contributed by atoms with Crippen LogP contribution in [0.25, 0.3) is 0 Å². The highest BCUT2D eigenvalue weighted by Gasteiger charge is 2.35. The fourth-order valence-electron chi connectivity index (χ4n) is 4.83. The van der Waals surface area contributed by atoms with E-state index in [1.807, 2.05) is 76.2 Å². The molecule has 0 spiro atoms. The molecule has 1 aromatic heterocycles. The summed E-state index contributed by atoms with van der Waals surface area (Å²) in [4.78, 5) is 13.8. The number of aromatic nitrogens is 4. The fourth-order valence-corrected chi connectivity index (χ4v) is 5.40. The summed E-state index contributed by atoms with van der Waals surface area (Å²) < 4.78 is 14.6. The van der Waals surface area contributed by atoms with E-state index in [2.05, 4.69) is 55.1 Å². The summed E-state index contributed by atoms with van der Waals surface area (Å²) in [6, 6.07) is 17.2. The zero-order valence-corrected chi connectivity index (χ0v) is 24.7. The number of aryl methyl sites for hydroxylation is 3. The third-order valence-electron chi connectivity index (χ3n) is 6.87. The van der Waals surface area contributed by atoms with Gasteiger partial charge in [-0.05, 0) is 101 Å². The number of rotatable bonds is 8. The molecule has 0 bridgehead atoms. The molecule has 1 atom stereocenters. The first-order chi connectivity index (χ1) is 19.3. The normalized spacial score (nSPS) is 14.4. The van der Waals surface area contributed by atoms with Gasteiger partial charge < -0.3 is 20.1 Å². The predicted octanol–water partition coefficient (Wildman–Crippen LogP) is 6.27. The van der Waals surface area contributed by atoms with Crippen LogP contribution in [-0.4, -0.2) is 32.7 Å². The van der Waals surface area contributed by atoms with Crippen LogP contribution in [-0.2, 0) is 11.4 Å². The molecule has 0 aliphatic carbocycles. The number of nitrogens with one attached hydrogen (secondary N) is 2. The lowest BCUT2D eigenvalue weighted by Gasteiger charge is -2.29. The molecule has 0 saturated heterocycles. The van der Waals surface area contributed by atoms with Crippen molar-refractivity contribution in [3.8, 4) is 11.5 Å². The number of allylic oxidation sites excluding steroid dienone is 1. The van der Waals surface area contributed by atoms with Gasteiger partial charge in [0.2, 0.25) is 5.95 Å². The Morgan fingerprint density at radius 3 is 2.60 bits per heavy atom. The highest BCUT2D eigenvalue weighted by Crippen LogP contribution is 2.43. The predicted molar refractivity (Wildman–Crippen MR) is 158 cm³/mol. The van der Waals surface area contributed by atoms with Gasteiger partial charge >= 0.3 is 0 Å². The van der Waals surface area contributed by atoms with Crippen molar-refractivity contribution >= 4 is 33.5 Å². The highest BCUT2D eigenvalue weighted by molar-refractivity contribution is 9.10. The Morgan fingerprint density at radius 1 is 1.05 bits per heavy atom. The van der Waals surface area contributed by atoms with Crippen molar-refractivity contribution in [2.24, 2.45) is 0 Å². The molecule has 3 aromatic carbocycles. The van der Waals surface area contributed by atoms with Crippen LogP contribution in [0.15, 0.2) is 70.3 Å². The van der Waals surface area contributed by atoms with Gasteiger partial charge in [0.05, 0.1) is 16.7 Å². The van der Waals surface area contributed by atoms with Gasteiger partial charge in [-0.15, -0.1) is 0 Å². The minimum Gasteiger partial charge on any atom is -0.490 e. The maximum absolute atomic E-state index is 13.8. The number of carbonyl (C=O) groups is 1. The van der Waals surface area contributed by atoms with Gasteiger partial charge in [0.15, 0.2) is 11.5 Å². The van der Waals surface area contributed by atoms with E-state index in [-0.39, 0.29) is 5.91 Å². The molecule has 4 aromatic rings. The number of fused-ring (bicyclic) bond motifs is 1. The lowest BCUT2D eigenvalue weighted by atomic mass is 9.94. The largest absolute Gasteiger partial charge is 0.490 e. The van der Waals surface area contributed by atoms with Crippen LogP contribution in [0.2, 0.25) is 0 Å². The molecule has 0 saturated carbocycles. The van der Waals surface area contributed by atoms with Crippen LogP contribution >= 0.6 is 15.9 Å². The van der Waals surface area contributed by atoms with E-state index >= 15 is 0 Å². The van der Waals surface area contributed by atoms with Gasteiger partial charge in [-0.25, -0.2) is 0 Å². The SMILES string of the molecule is CCOc1cc(C2C(C(=O)Nc3ccc(C)cc3C)=C(C)Nc3nnnn32)cc(Br)c1OCc1ccccc1C. The van der Waals surface area contributed by atoms with E-state index in [4.69, 9.17) is 9.47 Å². The Hall–Kier alpha value is -4.18. The molecule has 10 heteroatoms. The second-order valence-corrected chi connectivity index (χ2v) is 10.6. The van der Waals surface area contributed by atoms with Gasteiger partial charge in [0.25, 0.3) is 5.91 Å². The van der Waals surface area contributed by atoms with Gasteiger partial charge in [0.1, 0.15) is 12.6 Å². The molecule has 2 N–H and O–H groups in total. The van der Waals surface area contributed by atoms with Gasteiger partial charge in [-0.1, -0.05) is 47.1 Å². The van der Waals surface area contributed by atoms with E-state index in [1.165, 1.54) is 0 Å². The van der Waals surface area contributed by atoms with Crippen LogP contribution in [0.1, 0.15) is 47.7 Å². The molecule has 1 aliphatic rings. The van der Waals surface area contributed by atoms with Crippen LogP contribution in [0.4, 0.5) is 11.6 Å². The summed E-state index contributed by atoms with van der Waals surface area (Å²) in [5, 5.41) is 18.4. The molecule has 0 radical (unpaired) electrons. The number of anilines is 2. The minimum atomic E-state index is -0.613. The number of nitrogens with zero attached hydrogens (tertiary/aromatic N) is 4. The van der Waals surface area contributed by atoms with E-state index in [1.54, 1.807) is 4.68 Å². The molecular weight excluding hydrogens is 572 g/mol. The van der Waals surface area contributed by atoms with E-state index in [0.717, 1.165) is 33.5 Å². The summed E-state index contributed by atoms with van der Waals surface area (Å²) in [5.41, 5.74) is 6.99. The van der Waals surface area contributed by atoms with Gasteiger partial charge in [-0.2, -0.15) is 4.68 Å². The van der Waals surface area contributed by atoms with Crippen LogP contribution in [0.5, 0.6) is 11.5 Å². The number of amides is 1. The molecule has 9 nitrogen and oxygen atoms in total. The Labute approximate surface area is 241 Å². The topological polar surface area (TPSA) is 103 Å². The van der Waals surface area contributed by atoms with Crippen molar-refractivity contribution in [3.63, 3.8) is 0 Å². The van der Waals surface area contributed by atoms with Gasteiger partial charge in [0, 0.05) is 11.4 Å². The summed E-state index contributed by atoms with van der Waals surface area (Å²) in [6.45, 7) is 10.6. The zero-order chi connectivity index (χ0) is 28.4. The smallest absolute Gasteiger partial charge is 0.255 e. The van der Waals surface area contributed by atoms with Crippen molar-refractivity contribution in [3.05, 3.63) is 98.2 Å². The van der Waals surface area contributed by atoms with Crippen molar-refractivity contribution in [2.45, 2.75) is 47.3 Å². The maximum atomic E-state index is 13.8. The van der Waals surface area contributed by atoms with E-state index < -0.39 is 6.04 Å². The second kappa shape index (κ2) is 11.5. The Bertz CT molecular complexity index is 1610. The number of halogens is 1. The standard InChI is InChI=1S/C30H31BrN6O3/c1-6-39-25-15-22(14-23(31)28(25)40-16-21-10-8-7-9-18(21)3)27-26(20(5)32-30-34-35-36-37(27)30)29(38)33-24-12-11-17(2)13-19(24)4/h7-15,27H,6,16H2,1-5H3,(H,33,38)(H,32,34,36). The van der Waals surface area contributed by atoms with Crippen molar-refractivity contribution in [1.82, 2.24) is 20.2 Å². The number of benzene rings is 3. The Balaban J connectivity index is 1.54. The molecule has 1 unspecified atom stereocenters. The number of hydrogen-bond acceptors (Lipinski definition) is 7. The molecule has 5 rings (SSSR count). The Kier molecular flexibility index (Phi) is 7.88. The number of hydrogen-bond donors (Lipinski definition) is 2. The minimum absolute atomic E-state index is 0.253. The van der Waals surface area contributed by atoms with Crippen molar-refractivity contribution in [1.29, 1.82) is 0 Å². The van der Waals surface area contributed by atoms with Crippen LogP contribution in [0.3, 0.4) is 0 Å². The molecule has 1 amide bonds. The van der Waals surface area contributed by atoms with Crippen LogP contribution < -0.4 is 20.1 Å². The quantitative estimate of drug-likeness (QED) is 0.245. The average Bonchev–Trinajstić information content (AvgIpc) is 3.38. The second-order valence-electron chi connectivity index (χ2n) is 9.76. The lowest BCUT2D eigenvalue weighted by molar-refractivity contribution is -0.113. The van der Waals surface area contributed by atoms with E-state index in [0.29, 0.717) is 46.4 Å². The third kappa shape index (κ3) is 5.44. The number of carbonyl (C=O) groups excluding carboxylic acids is 1. The average molecular weight is 604 g/mol. The first kappa shape index (κ1) is 27.4. The zero-order valence-electron chi connectivity index (χ0n) is 23.1. The summed E-state index contributed by atoms with van der Waals surface area (Å²) in [5.74, 6) is 1.33. The molecule has 206 valence electrons. The first-order valence-corrected chi connectivity index (χ1v) is 13.8. The number of ether oxygens (including phenoxy) is 2. The summed E-state index contributed by atoms with van der Waals surface area (Å²) >= 11 is 3.70. The molecular formula is C30H31BrN6O3. The number of tetrazole rings is 1. The monoisotopic (exact) mass is 602 g/mol. The first-order valence-electron chi connectivity index (χ1n) is 13.0. The summed E-state index contributed by atoms with van der Waals surface area (Å²) in [7, 11) is 0. The maximum Gasteiger partial charge on any atom is 0.255 e.